The van der Waals surface area contributed by atoms with E-state index in [0.29, 0.717) is 5.56 Å². The number of nitrogens with one attached hydrogen (secondary N) is 4. The zero-order valence-electron chi connectivity index (χ0n) is 17.6. The van der Waals surface area contributed by atoms with Gasteiger partial charge < -0.3 is 10.4 Å². The number of hydrogen-bond donors (Lipinski definition) is 5. The molecule has 1 aromatic heterocycles. The van der Waals surface area contributed by atoms with E-state index in [1.165, 1.54) is 19.3 Å². The van der Waals surface area contributed by atoms with Gasteiger partial charge in [0, 0.05) is 17.6 Å². The molecule has 0 aliphatic heterocycles. The number of aliphatic hydroxyl groups excluding tert-OH is 1. The van der Waals surface area contributed by atoms with Crippen LogP contribution in [-0.4, -0.2) is 52.1 Å². The number of aromatic nitrogens is 1. The molecule has 1 atom stereocenters. The predicted molar refractivity (Wildman–Crippen MR) is 131 cm³/mol. The minimum Gasteiger partial charge on any atom is -0.376 e. The van der Waals surface area contributed by atoms with E-state index in [1.54, 1.807) is 25.1 Å². The first kappa shape index (κ1) is 26.8. The van der Waals surface area contributed by atoms with E-state index in [0.717, 1.165) is 0 Å². The van der Waals surface area contributed by atoms with Crippen molar-refractivity contribution in [1.29, 1.82) is 5.41 Å². The molecule has 1 unspecified atom stereocenters. The van der Waals surface area contributed by atoms with Crippen molar-refractivity contribution >= 4 is 72.8 Å². The third-order valence-corrected chi connectivity index (χ3v) is 4.88. The number of aryl methyl sites for hydroxylation is 1. The number of nitrogens with zero attached hydrogens (tertiary/aromatic N) is 2. The van der Waals surface area contributed by atoms with E-state index in [9.17, 15) is 14.7 Å². The highest BCUT2D eigenvalue weighted by molar-refractivity contribution is 9.18. The maximum absolute atomic E-state index is 13.1. The van der Waals surface area contributed by atoms with Crippen LogP contribution in [0.3, 0.4) is 0 Å². The largest absolute Gasteiger partial charge is 0.376 e. The monoisotopic (exact) mass is 558 g/mol. The molecule has 1 heterocycles. The van der Waals surface area contributed by atoms with Crippen molar-refractivity contribution in [3.63, 3.8) is 0 Å². The lowest BCUT2D eigenvalue weighted by molar-refractivity contribution is -0.110. The Morgan fingerprint density at radius 3 is 2.73 bits per heavy atom. The lowest BCUT2D eigenvalue weighted by Gasteiger charge is -2.16. The molecule has 33 heavy (non-hydrogen) atoms. The highest BCUT2D eigenvalue weighted by atomic mass is 79.9. The second kappa shape index (κ2) is 12.7. The number of carbonyl (C=O) groups excluding carboxylic acids is 2. The zero-order chi connectivity index (χ0) is 24.5. The van der Waals surface area contributed by atoms with Gasteiger partial charge in [-0.05, 0) is 59.7 Å². The summed E-state index contributed by atoms with van der Waals surface area (Å²) in [5.74, 6) is -1.26. The van der Waals surface area contributed by atoms with Crippen LogP contribution < -0.4 is 16.1 Å². The first-order valence-corrected chi connectivity index (χ1v) is 11.0. The van der Waals surface area contributed by atoms with E-state index < -0.39 is 18.0 Å². The number of aliphatic imine (C=N–C) groups is 1. The fourth-order valence-corrected chi connectivity index (χ4v) is 3.21. The number of anilines is 1. The molecule has 0 aliphatic carbocycles. The molecule has 0 saturated heterocycles. The summed E-state index contributed by atoms with van der Waals surface area (Å²) in [6.45, 7) is 1.45. The van der Waals surface area contributed by atoms with Crippen LogP contribution in [0.4, 0.5) is 11.5 Å². The number of benzene rings is 1. The molecule has 0 aliphatic rings. The van der Waals surface area contributed by atoms with Crippen molar-refractivity contribution in [1.82, 2.24) is 15.8 Å². The number of hydrogen-bond acceptors (Lipinski definition) is 8. The van der Waals surface area contributed by atoms with Gasteiger partial charge in [-0.2, -0.15) is 0 Å². The average molecular weight is 560 g/mol. The number of carbonyl (C=O) groups is 2. The molecule has 2 amide bonds. The molecular weight excluding hydrogens is 539 g/mol. The summed E-state index contributed by atoms with van der Waals surface area (Å²) in [5.41, 5.74) is 2.82. The quantitative estimate of drug-likeness (QED) is 0.171. The number of hydroxylamine groups is 1. The Morgan fingerprint density at radius 1 is 1.36 bits per heavy atom. The lowest BCUT2D eigenvalue weighted by Crippen LogP contribution is -2.35. The van der Waals surface area contributed by atoms with Gasteiger partial charge in [-0.1, -0.05) is 23.2 Å². The van der Waals surface area contributed by atoms with Gasteiger partial charge in [0.15, 0.2) is 5.82 Å². The molecular formula is C20H21BrCl2N6O4. The maximum Gasteiger partial charge on any atom is 0.277 e. The van der Waals surface area contributed by atoms with E-state index in [2.05, 4.69) is 42.0 Å². The van der Waals surface area contributed by atoms with Crippen LogP contribution in [0.2, 0.25) is 10.0 Å². The minimum atomic E-state index is -0.984. The molecule has 0 spiro atoms. The van der Waals surface area contributed by atoms with Gasteiger partial charge in [0.2, 0.25) is 0 Å². The summed E-state index contributed by atoms with van der Waals surface area (Å²) in [4.78, 5) is 38.9. The predicted octanol–water partition coefficient (Wildman–Crippen LogP) is 3.37. The van der Waals surface area contributed by atoms with Crippen LogP contribution >= 0.6 is 39.1 Å². The lowest BCUT2D eigenvalue weighted by atomic mass is 10.1. The SMILES string of the molecule is CNC(O)CONC(=O)c1cc(Cl)cc(C)c1NC(=O)C(CC(=N)Br)=Nc1ncccc1Cl. The summed E-state index contributed by atoms with van der Waals surface area (Å²) >= 11 is 15.2. The molecule has 1 aromatic carbocycles. The number of likely N-dealkylation sites (N-methyl/N-ethyl adjacent to an activating group) is 1. The topological polar surface area (TPSA) is 149 Å². The summed E-state index contributed by atoms with van der Waals surface area (Å²) in [7, 11) is 1.52. The minimum absolute atomic E-state index is 0.00531. The number of halogens is 3. The van der Waals surface area contributed by atoms with E-state index in [4.69, 9.17) is 33.4 Å². The molecule has 0 radical (unpaired) electrons. The average Bonchev–Trinajstić information content (AvgIpc) is 2.75. The molecule has 2 aromatic rings. The smallest absolute Gasteiger partial charge is 0.277 e. The Kier molecular flexibility index (Phi) is 10.4. The first-order chi connectivity index (χ1) is 15.6. The van der Waals surface area contributed by atoms with Crippen LogP contribution in [0.5, 0.6) is 0 Å². The molecule has 13 heteroatoms. The third kappa shape index (κ3) is 8.14. The highest BCUT2D eigenvalue weighted by Crippen LogP contribution is 2.27. The van der Waals surface area contributed by atoms with Crippen LogP contribution in [0, 0.1) is 12.3 Å². The van der Waals surface area contributed by atoms with Crippen LogP contribution in [0.1, 0.15) is 22.3 Å². The second-order valence-corrected chi connectivity index (χ2v) is 8.40. The van der Waals surface area contributed by atoms with Crippen molar-refractivity contribution < 1.29 is 19.5 Å². The Bertz CT molecular complexity index is 1080. The standard InChI is InChI=1S/C20H21BrCl2N6O4/c1-10-6-11(22)7-12(19(31)29-33-9-16(30)25-2)17(10)28-20(32)14(8-15(21)24)27-18-13(23)4-3-5-26-18/h3-7,16,24-25,30H,8-9H2,1-2H3,(H,28,32)(H,29,31). The van der Waals surface area contributed by atoms with Crippen LogP contribution in [0.15, 0.2) is 35.5 Å². The van der Waals surface area contributed by atoms with E-state index in [1.807, 2.05) is 0 Å². The molecule has 5 N–H and O–H groups in total. The van der Waals surface area contributed by atoms with Crippen LogP contribution in [0.25, 0.3) is 0 Å². The van der Waals surface area contributed by atoms with Gasteiger partial charge in [0.1, 0.15) is 18.5 Å². The van der Waals surface area contributed by atoms with Gasteiger partial charge in [-0.15, -0.1) is 0 Å². The molecule has 0 fully saturated rings. The Labute approximate surface area is 208 Å². The number of rotatable bonds is 10. The van der Waals surface area contributed by atoms with Crippen molar-refractivity contribution in [3.05, 3.63) is 51.6 Å². The summed E-state index contributed by atoms with van der Waals surface area (Å²) in [5, 5.41) is 22.8. The summed E-state index contributed by atoms with van der Waals surface area (Å²) in [6, 6.07) is 6.11. The van der Waals surface area contributed by atoms with Gasteiger partial charge in [0.05, 0.1) is 20.9 Å². The maximum atomic E-state index is 13.1. The van der Waals surface area contributed by atoms with E-state index in [-0.39, 0.29) is 50.5 Å². The molecule has 10 nitrogen and oxygen atoms in total. The van der Waals surface area contributed by atoms with Gasteiger partial charge in [0.25, 0.3) is 11.8 Å². The second-order valence-electron chi connectivity index (χ2n) is 6.60. The van der Waals surface area contributed by atoms with Crippen molar-refractivity contribution in [2.75, 3.05) is 19.0 Å². The third-order valence-electron chi connectivity index (χ3n) is 4.09. The zero-order valence-corrected chi connectivity index (χ0v) is 20.7. The van der Waals surface area contributed by atoms with Gasteiger partial charge >= 0.3 is 0 Å². The number of pyridine rings is 1. The van der Waals surface area contributed by atoms with Gasteiger partial charge in [-0.25, -0.2) is 15.5 Å². The summed E-state index contributed by atoms with van der Waals surface area (Å²) in [6.07, 6.45) is 0.344. The highest BCUT2D eigenvalue weighted by Gasteiger charge is 2.21. The molecule has 0 saturated carbocycles. The summed E-state index contributed by atoms with van der Waals surface area (Å²) < 4.78 is 0.00531. The van der Waals surface area contributed by atoms with E-state index >= 15 is 0 Å². The van der Waals surface area contributed by atoms with Gasteiger partial charge in [-0.3, -0.25) is 25.2 Å². The Balaban J connectivity index is 2.35. The molecule has 2 rings (SSSR count). The van der Waals surface area contributed by atoms with Crippen molar-refractivity contribution in [2.45, 2.75) is 19.6 Å². The molecule has 0 bridgehead atoms. The Morgan fingerprint density at radius 2 is 2.09 bits per heavy atom. The normalized spacial score (nSPS) is 12.2. The fraction of sp³-hybridized carbons (Fsp3) is 0.250. The van der Waals surface area contributed by atoms with Crippen molar-refractivity contribution in [2.24, 2.45) is 4.99 Å². The van der Waals surface area contributed by atoms with Crippen LogP contribution in [-0.2, 0) is 9.63 Å². The van der Waals surface area contributed by atoms with Crippen molar-refractivity contribution in [3.8, 4) is 0 Å². The Hall–Kier alpha value is -2.41. The number of amides is 2. The fourth-order valence-electron chi connectivity index (χ4n) is 2.50. The first-order valence-electron chi connectivity index (χ1n) is 9.42. The molecule has 176 valence electrons. The number of aliphatic hydroxyl groups is 1.